The third-order valence-corrected chi connectivity index (χ3v) is 7.75. The number of aryl methyl sites for hydroxylation is 1. The smallest absolute Gasteiger partial charge is 0.323 e. The molecule has 1 aromatic heterocycles. The van der Waals surface area contributed by atoms with E-state index in [1.54, 1.807) is 18.7 Å². The Hall–Kier alpha value is -2.91. The number of hydrogen-bond donors (Lipinski definition) is 2. The van der Waals surface area contributed by atoms with Crippen LogP contribution in [0.2, 0.25) is 0 Å². The van der Waals surface area contributed by atoms with E-state index in [1.165, 1.54) is 16.2 Å². The molecule has 1 aliphatic carbocycles. The van der Waals surface area contributed by atoms with E-state index in [-0.39, 0.29) is 30.3 Å². The van der Waals surface area contributed by atoms with Gasteiger partial charge in [-0.25, -0.2) is 4.98 Å². The maximum absolute atomic E-state index is 13.4. The number of fused-ring (bicyclic) bond motifs is 2. The molecule has 2 aliphatic heterocycles. The van der Waals surface area contributed by atoms with Crippen LogP contribution < -0.4 is 5.32 Å². The number of aliphatic carboxylic acids is 1. The van der Waals surface area contributed by atoms with Gasteiger partial charge in [0.15, 0.2) is 0 Å². The SMILES string of the molecule is C/C=C(\C=C1\C=CNC1)c1nc(C)c(C(=O)N(CC(=O)O)CC2=NC3C=CC=CC(C3)S2)s1. The highest BCUT2D eigenvalue weighted by molar-refractivity contribution is 8.14. The van der Waals surface area contributed by atoms with Gasteiger partial charge < -0.3 is 15.3 Å². The largest absolute Gasteiger partial charge is 0.480 e. The van der Waals surface area contributed by atoms with Gasteiger partial charge in [-0.15, -0.1) is 23.1 Å². The molecule has 172 valence electrons. The number of rotatable bonds is 7. The molecule has 0 saturated carbocycles. The number of thiazole rings is 1. The summed E-state index contributed by atoms with van der Waals surface area (Å²) in [5, 5.41) is 14.4. The van der Waals surface area contributed by atoms with Gasteiger partial charge in [-0.2, -0.15) is 0 Å². The van der Waals surface area contributed by atoms with Gasteiger partial charge in [-0.05, 0) is 44.2 Å². The highest BCUT2D eigenvalue weighted by atomic mass is 32.2. The summed E-state index contributed by atoms with van der Waals surface area (Å²) < 4.78 is 0. The van der Waals surface area contributed by atoms with Crippen molar-refractivity contribution in [3.8, 4) is 0 Å². The summed E-state index contributed by atoms with van der Waals surface area (Å²) in [4.78, 5) is 36.2. The first-order chi connectivity index (χ1) is 15.9. The summed E-state index contributed by atoms with van der Waals surface area (Å²) in [6.45, 7) is 4.28. The molecule has 0 saturated heterocycles. The first-order valence-electron chi connectivity index (χ1n) is 10.8. The van der Waals surface area contributed by atoms with Gasteiger partial charge in [-0.3, -0.25) is 14.6 Å². The molecule has 9 heteroatoms. The number of amides is 1. The molecule has 0 aromatic carbocycles. The minimum atomic E-state index is -1.05. The number of thioether (sulfide) groups is 1. The molecule has 0 fully saturated rings. The van der Waals surface area contributed by atoms with Crippen LogP contribution in [-0.4, -0.2) is 62.8 Å². The second kappa shape index (κ2) is 10.4. The number of allylic oxidation sites excluding steroid dienone is 5. The molecule has 7 nitrogen and oxygen atoms in total. The number of carboxylic acid groups (broad SMARTS) is 1. The maximum Gasteiger partial charge on any atom is 0.323 e. The predicted molar refractivity (Wildman–Crippen MR) is 135 cm³/mol. The summed E-state index contributed by atoms with van der Waals surface area (Å²) in [5.41, 5.74) is 2.67. The van der Waals surface area contributed by atoms with Crippen LogP contribution in [0.1, 0.15) is 33.7 Å². The average Bonchev–Trinajstić information content (AvgIpc) is 3.39. The number of carbonyl (C=O) groups is 2. The van der Waals surface area contributed by atoms with Crippen molar-refractivity contribution in [2.24, 2.45) is 4.99 Å². The van der Waals surface area contributed by atoms with Crippen molar-refractivity contribution in [2.45, 2.75) is 31.6 Å². The molecule has 0 spiro atoms. The first kappa shape index (κ1) is 23.3. The lowest BCUT2D eigenvalue weighted by molar-refractivity contribution is -0.137. The summed E-state index contributed by atoms with van der Waals surface area (Å²) in [5.74, 6) is -1.38. The maximum atomic E-state index is 13.4. The minimum Gasteiger partial charge on any atom is -0.480 e. The van der Waals surface area contributed by atoms with E-state index < -0.39 is 5.97 Å². The zero-order chi connectivity index (χ0) is 23.4. The van der Waals surface area contributed by atoms with Gasteiger partial charge in [0.25, 0.3) is 5.91 Å². The molecule has 2 atom stereocenters. The van der Waals surface area contributed by atoms with Crippen LogP contribution in [0, 0.1) is 6.92 Å². The van der Waals surface area contributed by atoms with E-state index in [4.69, 9.17) is 4.99 Å². The van der Waals surface area contributed by atoms with Crippen molar-refractivity contribution in [3.63, 3.8) is 0 Å². The Bertz CT molecular complexity index is 1130. The molecule has 3 aliphatic rings. The zero-order valence-electron chi connectivity index (χ0n) is 18.5. The van der Waals surface area contributed by atoms with Crippen LogP contribution in [0.4, 0.5) is 0 Å². The van der Waals surface area contributed by atoms with E-state index in [0.29, 0.717) is 10.6 Å². The Balaban J connectivity index is 1.57. The van der Waals surface area contributed by atoms with E-state index in [0.717, 1.165) is 34.2 Å². The van der Waals surface area contributed by atoms with Crippen molar-refractivity contribution in [2.75, 3.05) is 19.6 Å². The molecule has 2 N–H and O–H groups in total. The number of carboxylic acids is 1. The zero-order valence-corrected chi connectivity index (χ0v) is 20.2. The predicted octanol–water partition coefficient (Wildman–Crippen LogP) is 3.82. The molecule has 1 amide bonds. The van der Waals surface area contributed by atoms with Crippen LogP contribution in [0.15, 0.2) is 59.3 Å². The highest BCUT2D eigenvalue weighted by Crippen LogP contribution is 2.31. The second-order valence-electron chi connectivity index (χ2n) is 7.92. The standard InChI is InChI=1S/C24H26N4O3S2/c1-3-17(10-16-8-9-25-12-16)23-26-15(2)22(33-23)24(31)28(14-21(29)30)13-20-27-18-6-4-5-7-19(11-18)32-20/h3-10,18-19,25H,11-14H2,1-2H3,(H,29,30)/b16-10-,17-3+. The Morgan fingerprint density at radius 1 is 1.33 bits per heavy atom. The summed E-state index contributed by atoms with van der Waals surface area (Å²) in [7, 11) is 0. The number of nitrogens with one attached hydrogen (secondary N) is 1. The Kier molecular flexibility index (Phi) is 7.29. The lowest BCUT2D eigenvalue weighted by Crippen LogP contribution is -2.40. The molecule has 0 radical (unpaired) electrons. The number of aromatic nitrogens is 1. The highest BCUT2D eigenvalue weighted by Gasteiger charge is 2.28. The van der Waals surface area contributed by atoms with Crippen molar-refractivity contribution in [1.29, 1.82) is 0 Å². The van der Waals surface area contributed by atoms with Gasteiger partial charge in [0.2, 0.25) is 0 Å². The average molecular weight is 483 g/mol. The number of nitrogens with zero attached hydrogens (tertiary/aromatic N) is 3. The first-order valence-corrected chi connectivity index (χ1v) is 12.5. The Morgan fingerprint density at radius 3 is 2.88 bits per heavy atom. The van der Waals surface area contributed by atoms with E-state index in [9.17, 15) is 14.7 Å². The van der Waals surface area contributed by atoms with Gasteiger partial charge >= 0.3 is 5.97 Å². The lowest BCUT2D eigenvalue weighted by atomic mass is 10.1. The normalized spacial score (nSPS) is 22.8. The minimum absolute atomic E-state index is 0.0594. The quantitative estimate of drug-likeness (QED) is 0.614. The molecular formula is C24H26N4O3S2. The Labute approximate surface area is 201 Å². The van der Waals surface area contributed by atoms with Crippen molar-refractivity contribution < 1.29 is 14.7 Å². The third-order valence-electron chi connectivity index (χ3n) is 5.39. The fourth-order valence-electron chi connectivity index (χ4n) is 3.78. The van der Waals surface area contributed by atoms with E-state index in [2.05, 4.69) is 16.4 Å². The third kappa shape index (κ3) is 5.72. The number of carbonyl (C=O) groups excluding carboxylic acids is 1. The van der Waals surface area contributed by atoms with Gasteiger partial charge in [0, 0.05) is 17.4 Å². The van der Waals surface area contributed by atoms with Crippen LogP contribution in [0.3, 0.4) is 0 Å². The molecule has 2 bridgehead atoms. The van der Waals surface area contributed by atoms with Gasteiger partial charge in [0.05, 0.1) is 23.3 Å². The summed E-state index contributed by atoms with van der Waals surface area (Å²) >= 11 is 2.90. The van der Waals surface area contributed by atoms with E-state index >= 15 is 0 Å². The van der Waals surface area contributed by atoms with Crippen LogP contribution in [-0.2, 0) is 4.79 Å². The van der Waals surface area contributed by atoms with E-state index in [1.807, 2.05) is 49.6 Å². The van der Waals surface area contributed by atoms with Crippen molar-refractivity contribution in [3.05, 3.63) is 69.9 Å². The number of hydrogen-bond acceptors (Lipinski definition) is 7. The fraction of sp³-hybridized carbons (Fsp3) is 0.333. The molecule has 4 rings (SSSR count). The summed E-state index contributed by atoms with van der Waals surface area (Å²) in [6, 6.07) is 0.0594. The monoisotopic (exact) mass is 482 g/mol. The number of aliphatic imine (C=N–C) groups is 1. The van der Waals surface area contributed by atoms with Crippen molar-refractivity contribution >= 4 is 45.6 Å². The fourth-order valence-corrected chi connectivity index (χ4v) is 6.10. The van der Waals surface area contributed by atoms with Gasteiger partial charge in [0.1, 0.15) is 16.4 Å². The van der Waals surface area contributed by atoms with Crippen molar-refractivity contribution in [1.82, 2.24) is 15.2 Å². The second-order valence-corrected chi connectivity index (χ2v) is 10.2. The summed E-state index contributed by atoms with van der Waals surface area (Å²) in [6.07, 6.45) is 17.0. The topological polar surface area (TPSA) is 94.9 Å². The van der Waals surface area contributed by atoms with Crippen LogP contribution in [0.5, 0.6) is 0 Å². The molecule has 3 heterocycles. The molecule has 33 heavy (non-hydrogen) atoms. The van der Waals surface area contributed by atoms with Crippen LogP contribution >= 0.6 is 23.1 Å². The molecular weight excluding hydrogens is 456 g/mol. The molecule has 2 unspecified atom stereocenters. The Morgan fingerprint density at radius 2 is 2.15 bits per heavy atom. The molecule has 1 aromatic rings. The van der Waals surface area contributed by atoms with Gasteiger partial charge in [-0.1, -0.05) is 30.4 Å². The van der Waals surface area contributed by atoms with Crippen LogP contribution in [0.25, 0.3) is 5.57 Å². The lowest BCUT2D eigenvalue weighted by Gasteiger charge is -2.27.